The summed E-state index contributed by atoms with van der Waals surface area (Å²) in [4.78, 5) is 39.8. The molecule has 0 aliphatic carbocycles. The number of nitrogens with zero attached hydrogens (tertiary/aromatic N) is 2. The molecular weight excluding hydrogens is 343 g/mol. The van der Waals surface area contributed by atoms with Gasteiger partial charge in [0.25, 0.3) is 5.91 Å². The summed E-state index contributed by atoms with van der Waals surface area (Å²) >= 11 is 0. The van der Waals surface area contributed by atoms with Crippen LogP contribution in [0.1, 0.15) is 6.92 Å². The van der Waals surface area contributed by atoms with E-state index in [2.05, 4.69) is 16.0 Å². The highest BCUT2D eigenvalue weighted by Crippen LogP contribution is 2.18. The van der Waals surface area contributed by atoms with Crippen molar-refractivity contribution in [2.75, 3.05) is 38.0 Å². The van der Waals surface area contributed by atoms with Crippen molar-refractivity contribution in [2.24, 2.45) is 5.73 Å². The first-order valence-corrected chi connectivity index (χ1v) is 8.33. The van der Waals surface area contributed by atoms with Gasteiger partial charge in [-0.25, -0.2) is 14.0 Å². The first-order chi connectivity index (χ1) is 12.5. The molecule has 1 heterocycles. The molecule has 142 valence electrons. The molecule has 1 aromatic carbocycles. The Hall–Kier alpha value is -2.88. The van der Waals surface area contributed by atoms with Gasteiger partial charge in [0, 0.05) is 38.4 Å². The minimum absolute atomic E-state index is 0.166. The normalized spacial score (nSPS) is 16.3. The molecule has 0 spiro atoms. The maximum absolute atomic E-state index is 13.3. The van der Waals surface area contributed by atoms with Crippen LogP contribution in [0.25, 0.3) is 0 Å². The van der Waals surface area contributed by atoms with E-state index in [1.54, 1.807) is 6.92 Å². The lowest BCUT2D eigenvalue weighted by Gasteiger charge is -2.29. The number of urea groups is 2. The van der Waals surface area contributed by atoms with E-state index < -0.39 is 30.0 Å². The van der Waals surface area contributed by atoms with E-state index in [4.69, 9.17) is 5.73 Å². The Labute approximate surface area is 150 Å². The van der Waals surface area contributed by atoms with Gasteiger partial charge in [-0.2, -0.15) is 0 Å². The highest BCUT2D eigenvalue weighted by molar-refractivity contribution is 5.96. The van der Waals surface area contributed by atoms with Crippen LogP contribution in [0.15, 0.2) is 24.3 Å². The van der Waals surface area contributed by atoms with E-state index in [9.17, 15) is 18.8 Å². The van der Waals surface area contributed by atoms with Crippen molar-refractivity contribution < 1.29 is 18.8 Å². The van der Waals surface area contributed by atoms with E-state index in [1.807, 2.05) is 0 Å². The molecule has 1 aliphatic heterocycles. The summed E-state index contributed by atoms with van der Waals surface area (Å²) in [7, 11) is 0. The molecule has 5 N–H and O–H groups in total. The van der Waals surface area contributed by atoms with Gasteiger partial charge in [-0.05, 0) is 25.1 Å². The molecule has 1 fully saturated rings. The van der Waals surface area contributed by atoms with Crippen molar-refractivity contribution >= 4 is 23.7 Å². The van der Waals surface area contributed by atoms with Crippen LogP contribution < -0.4 is 21.7 Å². The van der Waals surface area contributed by atoms with Crippen molar-refractivity contribution in [3.8, 4) is 0 Å². The SMILES string of the molecule is CCNC(=O)N1CCN(C(=O)Nc2cccc(F)c2)C1C(=O)NCCN. The first-order valence-electron chi connectivity index (χ1n) is 8.33. The van der Waals surface area contributed by atoms with E-state index in [0.29, 0.717) is 6.54 Å². The van der Waals surface area contributed by atoms with Crippen molar-refractivity contribution in [2.45, 2.75) is 13.1 Å². The quantitative estimate of drug-likeness (QED) is 0.591. The Morgan fingerprint density at radius 2 is 1.88 bits per heavy atom. The Kier molecular flexibility index (Phi) is 6.73. The molecule has 0 saturated carbocycles. The maximum Gasteiger partial charge on any atom is 0.323 e. The number of rotatable bonds is 5. The number of anilines is 1. The monoisotopic (exact) mass is 366 g/mol. The lowest BCUT2D eigenvalue weighted by molar-refractivity contribution is -0.127. The van der Waals surface area contributed by atoms with Crippen LogP contribution in [0.2, 0.25) is 0 Å². The Morgan fingerprint density at radius 1 is 1.19 bits per heavy atom. The minimum Gasteiger partial charge on any atom is -0.351 e. The molecule has 1 saturated heterocycles. The molecule has 10 heteroatoms. The topological polar surface area (TPSA) is 120 Å². The molecule has 1 atom stereocenters. The third-order valence-corrected chi connectivity index (χ3v) is 3.78. The number of carbonyl (C=O) groups excluding carboxylic acids is 3. The molecule has 0 bridgehead atoms. The van der Waals surface area contributed by atoms with Gasteiger partial charge in [0.15, 0.2) is 6.17 Å². The average Bonchev–Trinajstić information content (AvgIpc) is 3.05. The number of nitrogens with two attached hydrogens (primary N) is 1. The predicted octanol–water partition coefficient (Wildman–Crippen LogP) is 0.106. The van der Waals surface area contributed by atoms with Gasteiger partial charge in [-0.3, -0.25) is 14.6 Å². The molecule has 26 heavy (non-hydrogen) atoms. The van der Waals surface area contributed by atoms with Crippen molar-refractivity contribution in [1.29, 1.82) is 0 Å². The number of carbonyl (C=O) groups is 3. The van der Waals surface area contributed by atoms with Crippen molar-refractivity contribution in [3.05, 3.63) is 30.1 Å². The second-order valence-electron chi connectivity index (χ2n) is 5.62. The smallest absolute Gasteiger partial charge is 0.323 e. The van der Waals surface area contributed by atoms with Gasteiger partial charge >= 0.3 is 12.1 Å². The van der Waals surface area contributed by atoms with E-state index in [-0.39, 0.29) is 31.9 Å². The van der Waals surface area contributed by atoms with Crippen LogP contribution in [0.5, 0.6) is 0 Å². The molecule has 0 aromatic heterocycles. The largest absolute Gasteiger partial charge is 0.351 e. The summed E-state index contributed by atoms with van der Waals surface area (Å²) in [5, 5.41) is 7.75. The van der Waals surface area contributed by atoms with E-state index in [0.717, 1.165) is 0 Å². The molecule has 2 rings (SSSR count). The molecule has 1 unspecified atom stereocenters. The van der Waals surface area contributed by atoms with Gasteiger partial charge in [-0.15, -0.1) is 0 Å². The van der Waals surface area contributed by atoms with Crippen molar-refractivity contribution in [1.82, 2.24) is 20.4 Å². The molecule has 9 nitrogen and oxygen atoms in total. The zero-order valence-corrected chi connectivity index (χ0v) is 14.5. The zero-order chi connectivity index (χ0) is 19.1. The Bertz CT molecular complexity index is 671. The minimum atomic E-state index is -1.11. The molecule has 5 amide bonds. The first kappa shape index (κ1) is 19.4. The average molecular weight is 366 g/mol. The third kappa shape index (κ3) is 4.60. The van der Waals surface area contributed by atoms with Gasteiger partial charge < -0.3 is 21.7 Å². The summed E-state index contributed by atoms with van der Waals surface area (Å²) in [5.41, 5.74) is 5.65. The van der Waals surface area contributed by atoms with E-state index in [1.165, 1.54) is 34.1 Å². The van der Waals surface area contributed by atoms with Gasteiger partial charge in [-0.1, -0.05) is 6.07 Å². The number of amides is 5. The molecule has 1 aliphatic rings. The van der Waals surface area contributed by atoms with Gasteiger partial charge in [0.2, 0.25) is 0 Å². The van der Waals surface area contributed by atoms with Crippen LogP contribution in [0, 0.1) is 5.82 Å². The number of nitrogens with one attached hydrogen (secondary N) is 3. The van der Waals surface area contributed by atoms with Crippen LogP contribution in [-0.2, 0) is 4.79 Å². The highest BCUT2D eigenvalue weighted by atomic mass is 19.1. The lowest BCUT2D eigenvalue weighted by Crippen LogP contribution is -2.56. The second kappa shape index (κ2) is 8.99. The molecule has 1 aromatic rings. The Morgan fingerprint density at radius 3 is 2.50 bits per heavy atom. The third-order valence-electron chi connectivity index (χ3n) is 3.78. The number of hydrogen-bond acceptors (Lipinski definition) is 4. The number of halogens is 1. The lowest BCUT2D eigenvalue weighted by atomic mass is 10.3. The fourth-order valence-corrected chi connectivity index (χ4v) is 2.64. The number of benzene rings is 1. The predicted molar refractivity (Wildman–Crippen MR) is 93.8 cm³/mol. The van der Waals surface area contributed by atoms with Gasteiger partial charge in [0.1, 0.15) is 5.82 Å². The summed E-state index contributed by atoms with van der Waals surface area (Å²) in [6.45, 7) is 2.96. The molecular formula is C16H23FN6O3. The fourth-order valence-electron chi connectivity index (χ4n) is 2.64. The summed E-state index contributed by atoms with van der Waals surface area (Å²) < 4.78 is 13.3. The van der Waals surface area contributed by atoms with E-state index >= 15 is 0 Å². The summed E-state index contributed by atoms with van der Waals surface area (Å²) in [5.74, 6) is -1.00. The maximum atomic E-state index is 13.3. The molecule has 0 radical (unpaired) electrons. The van der Waals surface area contributed by atoms with Crippen LogP contribution >= 0.6 is 0 Å². The van der Waals surface area contributed by atoms with Crippen LogP contribution in [0.4, 0.5) is 19.7 Å². The summed E-state index contributed by atoms with van der Waals surface area (Å²) in [6.07, 6.45) is -1.11. The Balaban J connectivity index is 2.17. The number of hydrogen-bond donors (Lipinski definition) is 4. The van der Waals surface area contributed by atoms with Gasteiger partial charge in [0.05, 0.1) is 0 Å². The standard InChI is InChI=1S/C16H23FN6O3/c1-2-19-15(25)22-8-9-23(14(22)13(24)20-7-6-18)16(26)21-12-5-3-4-11(17)10-12/h3-5,10,14H,2,6-9,18H2,1H3,(H,19,25)(H,20,24)(H,21,26). The van der Waals surface area contributed by atoms with Crippen molar-refractivity contribution in [3.63, 3.8) is 0 Å². The zero-order valence-electron chi connectivity index (χ0n) is 14.5. The summed E-state index contributed by atoms with van der Waals surface area (Å²) in [6, 6.07) is 4.37. The highest BCUT2D eigenvalue weighted by Gasteiger charge is 2.42. The van der Waals surface area contributed by atoms with Crippen LogP contribution in [0.3, 0.4) is 0 Å². The second-order valence-corrected chi connectivity index (χ2v) is 5.62. The fraction of sp³-hybridized carbons (Fsp3) is 0.438. The van der Waals surface area contributed by atoms with Crippen LogP contribution in [-0.4, -0.2) is 66.7 Å².